The maximum atomic E-state index is 6.21. The fourth-order valence-electron chi connectivity index (χ4n) is 3.29. The molecule has 1 aliphatic heterocycles. The van der Waals surface area contributed by atoms with Crippen molar-refractivity contribution in [1.82, 2.24) is 10.6 Å². The number of halogens is 1. The Morgan fingerprint density at radius 1 is 1.16 bits per heavy atom. The molecule has 7 heteroatoms. The van der Waals surface area contributed by atoms with Crippen molar-refractivity contribution in [2.24, 2.45) is 4.99 Å². The zero-order valence-electron chi connectivity index (χ0n) is 18.6. The normalized spacial score (nSPS) is 15.8. The van der Waals surface area contributed by atoms with Crippen LogP contribution in [0.25, 0.3) is 0 Å². The number of benzene rings is 2. The van der Waals surface area contributed by atoms with E-state index in [4.69, 9.17) is 19.2 Å². The maximum absolute atomic E-state index is 6.21. The number of aryl methyl sites for hydroxylation is 1. The Kier molecular flexibility index (Phi) is 10.9. The quantitative estimate of drug-likeness (QED) is 0.281. The van der Waals surface area contributed by atoms with Crippen molar-refractivity contribution in [2.75, 3.05) is 26.4 Å². The molecule has 1 heterocycles. The highest BCUT2D eigenvalue weighted by molar-refractivity contribution is 14.0. The number of nitrogens with zero attached hydrogens (tertiary/aromatic N) is 1. The minimum Gasteiger partial charge on any atom is -0.494 e. The van der Waals surface area contributed by atoms with Crippen molar-refractivity contribution in [3.63, 3.8) is 0 Å². The van der Waals surface area contributed by atoms with Crippen LogP contribution < -0.4 is 20.1 Å². The molecule has 2 N–H and O–H groups in total. The highest BCUT2D eigenvalue weighted by Crippen LogP contribution is 2.24. The number of ether oxygens (including phenoxy) is 3. The summed E-state index contributed by atoms with van der Waals surface area (Å²) >= 11 is 0. The molecule has 0 saturated carbocycles. The summed E-state index contributed by atoms with van der Waals surface area (Å²) in [6.45, 7) is 10.2. The van der Waals surface area contributed by atoms with E-state index in [-0.39, 0.29) is 30.1 Å². The van der Waals surface area contributed by atoms with Crippen LogP contribution in [0.4, 0.5) is 0 Å². The fraction of sp³-hybridized carbons (Fsp3) is 0.458. The van der Waals surface area contributed by atoms with Crippen LogP contribution in [-0.4, -0.2) is 38.4 Å². The van der Waals surface area contributed by atoms with Crippen LogP contribution in [0.1, 0.15) is 37.0 Å². The smallest absolute Gasteiger partial charge is 0.191 e. The van der Waals surface area contributed by atoms with Crippen molar-refractivity contribution in [3.05, 3.63) is 59.2 Å². The maximum Gasteiger partial charge on any atom is 0.191 e. The summed E-state index contributed by atoms with van der Waals surface area (Å²) in [6.07, 6.45) is 1.07. The Morgan fingerprint density at radius 3 is 2.77 bits per heavy atom. The SMILES string of the molecule is CCNC(=NCc1cccc(OCC)c1)NCc1ccc(C)cc1OC1CCOC1.I. The molecule has 3 rings (SSSR count). The third kappa shape index (κ3) is 8.22. The summed E-state index contributed by atoms with van der Waals surface area (Å²) in [7, 11) is 0. The molecule has 1 saturated heterocycles. The first-order valence-electron chi connectivity index (χ1n) is 10.8. The van der Waals surface area contributed by atoms with Gasteiger partial charge >= 0.3 is 0 Å². The van der Waals surface area contributed by atoms with Gasteiger partial charge in [0, 0.05) is 25.1 Å². The summed E-state index contributed by atoms with van der Waals surface area (Å²) in [5.74, 6) is 2.56. The van der Waals surface area contributed by atoms with Crippen LogP contribution in [0.2, 0.25) is 0 Å². The van der Waals surface area contributed by atoms with Crippen molar-refractivity contribution in [2.45, 2.75) is 46.4 Å². The van der Waals surface area contributed by atoms with Crippen molar-refractivity contribution in [3.8, 4) is 11.5 Å². The van der Waals surface area contributed by atoms with Gasteiger partial charge in [-0.3, -0.25) is 0 Å². The van der Waals surface area contributed by atoms with E-state index in [1.165, 1.54) is 5.56 Å². The van der Waals surface area contributed by atoms with E-state index < -0.39 is 0 Å². The van der Waals surface area contributed by atoms with Crippen molar-refractivity contribution in [1.29, 1.82) is 0 Å². The summed E-state index contributed by atoms with van der Waals surface area (Å²) in [4.78, 5) is 4.73. The van der Waals surface area contributed by atoms with Gasteiger partial charge in [0.05, 0.1) is 26.4 Å². The van der Waals surface area contributed by atoms with E-state index >= 15 is 0 Å². The lowest BCUT2D eigenvalue weighted by atomic mass is 10.1. The molecule has 0 aliphatic carbocycles. The molecular weight excluding hydrogens is 505 g/mol. The van der Waals surface area contributed by atoms with E-state index in [2.05, 4.69) is 48.7 Å². The monoisotopic (exact) mass is 539 g/mol. The molecule has 0 aromatic heterocycles. The number of nitrogens with one attached hydrogen (secondary N) is 2. The molecular formula is C24H34IN3O3. The highest BCUT2D eigenvalue weighted by Gasteiger charge is 2.18. The Labute approximate surface area is 202 Å². The Morgan fingerprint density at radius 2 is 2.03 bits per heavy atom. The van der Waals surface area contributed by atoms with Crippen LogP contribution >= 0.6 is 24.0 Å². The zero-order valence-corrected chi connectivity index (χ0v) is 21.0. The lowest BCUT2D eigenvalue weighted by Crippen LogP contribution is -2.37. The van der Waals surface area contributed by atoms with Crippen LogP contribution in [0.3, 0.4) is 0 Å². The number of guanidine groups is 1. The Hall–Kier alpha value is -2.00. The number of aliphatic imine (C=N–C) groups is 1. The average Bonchev–Trinajstić information content (AvgIpc) is 3.25. The molecule has 1 atom stereocenters. The lowest BCUT2D eigenvalue weighted by molar-refractivity contribution is 0.140. The molecule has 0 bridgehead atoms. The van der Waals surface area contributed by atoms with Gasteiger partial charge in [-0.1, -0.05) is 24.3 Å². The molecule has 170 valence electrons. The molecule has 2 aromatic carbocycles. The third-order valence-electron chi connectivity index (χ3n) is 4.82. The van der Waals surface area contributed by atoms with Crippen LogP contribution in [0.15, 0.2) is 47.5 Å². The van der Waals surface area contributed by atoms with Gasteiger partial charge in [0.2, 0.25) is 0 Å². The molecule has 1 aliphatic rings. The average molecular weight is 539 g/mol. The van der Waals surface area contributed by atoms with E-state index in [9.17, 15) is 0 Å². The van der Waals surface area contributed by atoms with E-state index in [0.717, 1.165) is 48.2 Å². The Balaban J connectivity index is 0.00000341. The molecule has 6 nitrogen and oxygen atoms in total. The largest absolute Gasteiger partial charge is 0.494 e. The molecule has 0 amide bonds. The molecule has 2 aromatic rings. The van der Waals surface area contributed by atoms with Gasteiger partial charge in [-0.05, 0) is 50.1 Å². The predicted octanol–water partition coefficient (Wildman–Crippen LogP) is 4.43. The fourth-order valence-corrected chi connectivity index (χ4v) is 3.29. The molecule has 0 radical (unpaired) electrons. The topological polar surface area (TPSA) is 64.1 Å². The first-order chi connectivity index (χ1) is 14.7. The van der Waals surface area contributed by atoms with Gasteiger partial charge < -0.3 is 24.8 Å². The van der Waals surface area contributed by atoms with E-state index in [1.54, 1.807) is 0 Å². The zero-order chi connectivity index (χ0) is 21.2. The number of rotatable bonds is 9. The van der Waals surface area contributed by atoms with Crippen molar-refractivity contribution < 1.29 is 14.2 Å². The summed E-state index contributed by atoms with van der Waals surface area (Å²) in [6, 6.07) is 14.4. The van der Waals surface area contributed by atoms with Crippen molar-refractivity contribution >= 4 is 29.9 Å². The van der Waals surface area contributed by atoms with E-state index in [0.29, 0.717) is 26.3 Å². The first-order valence-corrected chi connectivity index (χ1v) is 10.8. The van der Waals surface area contributed by atoms with Crippen LogP contribution in [0.5, 0.6) is 11.5 Å². The standard InChI is InChI=1S/C24H33N3O3.HI/c1-4-25-24(26-15-19-7-6-8-21(14-19)29-5-2)27-16-20-10-9-18(3)13-23(20)30-22-11-12-28-17-22;/h6-10,13-14,22H,4-5,11-12,15-17H2,1-3H3,(H2,25,26,27);1H. The summed E-state index contributed by atoms with van der Waals surface area (Å²) in [5.41, 5.74) is 3.40. The second-order valence-electron chi connectivity index (χ2n) is 7.34. The Bertz CT molecular complexity index is 839. The van der Waals surface area contributed by atoms with Gasteiger partial charge in [-0.15, -0.1) is 24.0 Å². The lowest BCUT2D eigenvalue weighted by Gasteiger charge is -2.18. The van der Waals surface area contributed by atoms with E-state index in [1.807, 2.05) is 25.1 Å². The summed E-state index contributed by atoms with van der Waals surface area (Å²) < 4.78 is 17.2. The minimum atomic E-state index is 0. The van der Waals surface area contributed by atoms with Gasteiger partial charge in [-0.2, -0.15) is 0 Å². The summed E-state index contributed by atoms with van der Waals surface area (Å²) in [5, 5.41) is 6.74. The molecule has 1 unspecified atom stereocenters. The predicted molar refractivity (Wildman–Crippen MR) is 136 cm³/mol. The second-order valence-corrected chi connectivity index (χ2v) is 7.34. The van der Waals surface area contributed by atoms with Gasteiger partial charge in [0.25, 0.3) is 0 Å². The third-order valence-corrected chi connectivity index (χ3v) is 4.82. The molecule has 31 heavy (non-hydrogen) atoms. The van der Waals surface area contributed by atoms with Gasteiger partial charge in [0.15, 0.2) is 5.96 Å². The molecule has 0 spiro atoms. The number of hydrogen-bond acceptors (Lipinski definition) is 4. The van der Waals surface area contributed by atoms with Crippen LogP contribution in [0, 0.1) is 6.92 Å². The van der Waals surface area contributed by atoms with Gasteiger partial charge in [-0.25, -0.2) is 4.99 Å². The first kappa shape index (κ1) is 25.3. The highest BCUT2D eigenvalue weighted by atomic mass is 127. The molecule has 1 fully saturated rings. The minimum absolute atomic E-state index is 0. The van der Waals surface area contributed by atoms with Crippen LogP contribution in [-0.2, 0) is 17.8 Å². The second kappa shape index (κ2) is 13.4. The number of hydrogen-bond donors (Lipinski definition) is 2. The van der Waals surface area contributed by atoms with Gasteiger partial charge in [0.1, 0.15) is 17.6 Å².